The highest BCUT2D eigenvalue weighted by Crippen LogP contribution is 2.16. The van der Waals surface area contributed by atoms with Gasteiger partial charge in [0.1, 0.15) is 11.5 Å². The van der Waals surface area contributed by atoms with Crippen molar-refractivity contribution in [3.8, 4) is 11.5 Å². The summed E-state index contributed by atoms with van der Waals surface area (Å²) in [5.41, 5.74) is 2.45. The molecule has 30 heavy (non-hydrogen) atoms. The summed E-state index contributed by atoms with van der Waals surface area (Å²) in [4.78, 5) is 15.1. The Kier molecular flexibility index (Phi) is 8.57. The molecular formula is C25H34N2O3. The Hall–Kier alpha value is -2.53. The molecular weight excluding hydrogens is 376 g/mol. The van der Waals surface area contributed by atoms with Gasteiger partial charge in [-0.2, -0.15) is 0 Å². The second-order valence-corrected chi connectivity index (χ2v) is 8.03. The number of aryl methyl sites for hydroxylation is 1. The third kappa shape index (κ3) is 7.06. The van der Waals surface area contributed by atoms with Gasteiger partial charge < -0.3 is 19.7 Å². The molecule has 2 aromatic carbocycles. The van der Waals surface area contributed by atoms with E-state index in [-0.39, 0.29) is 11.9 Å². The number of rotatable bonds is 11. The van der Waals surface area contributed by atoms with Gasteiger partial charge in [0.25, 0.3) is 0 Å². The van der Waals surface area contributed by atoms with E-state index in [1.165, 1.54) is 24.0 Å². The summed E-state index contributed by atoms with van der Waals surface area (Å²) in [6.45, 7) is 3.18. The van der Waals surface area contributed by atoms with E-state index in [2.05, 4.69) is 34.5 Å². The van der Waals surface area contributed by atoms with E-state index in [0.717, 1.165) is 50.4 Å². The maximum Gasteiger partial charge on any atom is 0.220 e. The van der Waals surface area contributed by atoms with Crippen molar-refractivity contribution in [3.63, 3.8) is 0 Å². The van der Waals surface area contributed by atoms with E-state index >= 15 is 0 Å². The van der Waals surface area contributed by atoms with Gasteiger partial charge in [-0.25, -0.2) is 0 Å². The molecule has 0 aliphatic carbocycles. The minimum Gasteiger partial charge on any atom is -0.497 e. The summed E-state index contributed by atoms with van der Waals surface area (Å²) < 4.78 is 10.5. The van der Waals surface area contributed by atoms with Gasteiger partial charge in [-0.05, 0) is 80.6 Å². The third-order valence-corrected chi connectivity index (χ3v) is 5.71. The zero-order valence-electron chi connectivity index (χ0n) is 18.2. The van der Waals surface area contributed by atoms with E-state index < -0.39 is 0 Å². The Morgan fingerprint density at radius 2 is 1.50 bits per heavy atom. The van der Waals surface area contributed by atoms with Gasteiger partial charge in [0.05, 0.1) is 14.2 Å². The quantitative estimate of drug-likeness (QED) is 0.611. The summed E-state index contributed by atoms with van der Waals surface area (Å²) in [5, 5.41) is 3.29. The van der Waals surface area contributed by atoms with Crippen molar-refractivity contribution >= 4 is 5.91 Å². The van der Waals surface area contributed by atoms with Gasteiger partial charge in [0, 0.05) is 19.0 Å². The summed E-state index contributed by atoms with van der Waals surface area (Å²) in [6.07, 6.45) is 5.63. The highest BCUT2D eigenvalue weighted by Gasteiger charge is 2.19. The van der Waals surface area contributed by atoms with E-state index in [9.17, 15) is 4.79 Å². The van der Waals surface area contributed by atoms with Crippen LogP contribution in [0.15, 0.2) is 48.5 Å². The number of nitrogens with zero attached hydrogens (tertiary/aromatic N) is 1. The van der Waals surface area contributed by atoms with Crippen molar-refractivity contribution in [1.29, 1.82) is 0 Å². The lowest BCUT2D eigenvalue weighted by Crippen LogP contribution is -2.44. The average Bonchev–Trinajstić information content (AvgIpc) is 3.28. The van der Waals surface area contributed by atoms with Gasteiger partial charge in [-0.3, -0.25) is 4.79 Å². The number of likely N-dealkylation sites (tertiary alicyclic amines) is 1. The predicted octanol–water partition coefficient (Wildman–Crippen LogP) is 3.85. The van der Waals surface area contributed by atoms with E-state index in [1.807, 2.05) is 24.3 Å². The van der Waals surface area contributed by atoms with E-state index in [1.54, 1.807) is 14.2 Å². The first-order valence-electron chi connectivity index (χ1n) is 10.9. The fourth-order valence-corrected chi connectivity index (χ4v) is 4.03. The molecule has 0 bridgehead atoms. The van der Waals surface area contributed by atoms with Crippen molar-refractivity contribution in [2.24, 2.45) is 0 Å². The minimum absolute atomic E-state index is 0.130. The van der Waals surface area contributed by atoms with Crippen molar-refractivity contribution in [1.82, 2.24) is 10.2 Å². The van der Waals surface area contributed by atoms with Crippen LogP contribution in [-0.2, 0) is 17.6 Å². The molecule has 2 aromatic rings. The first-order valence-corrected chi connectivity index (χ1v) is 10.9. The number of methoxy groups -OCH3 is 2. The number of amides is 1. The number of hydrogen-bond acceptors (Lipinski definition) is 4. The second kappa shape index (κ2) is 11.6. The molecule has 5 heteroatoms. The monoisotopic (exact) mass is 410 g/mol. The van der Waals surface area contributed by atoms with Crippen LogP contribution in [0.4, 0.5) is 0 Å². The Labute approximate surface area is 180 Å². The van der Waals surface area contributed by atoms with Gasteiger partial charge in [0.2, 0.25) is 5.91 Å². The Balaban J connectivity index is 1.50. The minimum atomic E-state index is 0.130. The van der Waals surface area contributed by atoms with Crippen LogP contribution in [0.3, 0.4) is 0 Å². The smallest absolute Gasteiger partial charge is 0.220 e. The summed E-state index contributed by atoms with van der Waals surface area (Å²) in [5.74, 6) is 1.86. The highest BCUT2D eigenvalue weighted by atomic mass is 16.5. The van der Waals surface area contributed by atoms with Crippen molar-refractivity contribution in [2.45, 2.75) is 44.6 Å². The van der Waals surface area contributed by atoms with Crippen LogP contribution in [0.2, 0.25) is 0 Å². The van der Waals surface area contributed by atoms with Crippen LogP contribution in [0.1, 0.15) is 36.8 Å². The Morgan fingerprint density at radius 1 is 0.933 bits per heavy atom. The molecule has 0 unspecified atom stereocenters. The van der Waals surface area contributed by atoms with Crippen molar-refractivity contribution < 1.29 is 14.3 Å². The molecule has 0 radical (unpaired) electrons. The fourth-order valence-electron chi connectivity index (χ4n) is 4.03. The second-order valence-electron chi connectivity index (χ2n) is 8.03. The molecule has 1 aliphatic heterocycles. The zero-order valence-corrected chi connectivity index (χ0v) is 18.2. The molecule has 1 atom stereocenters. The first-order chi connectivity index (χ1) is 14.7. The van der Waals surface area contributed by atoms with Crippen molar-refractivity contribution in [2.75, 3.05) is 33.9 Å². The predicted molar refractivity (Wildman–Crippen MR) is 120 cm³/mol. The summed E-state index contributed by atoms with van der Waals surface area (Å²) >= 11 is 0. The molecule has 0 saturated carbocycles. The SMILES string of the molecule is COc1ccc(CCCC(=O)N[C@@H](Cc2ccc(OC)cc2)CN2CCCC2)cc1. The largest absolute Gasteiger partial charge is 0.497 e. The molecule has 0 aromatic heterocycles. The zero-order chi connectivity index (χ0) is 21.2. The fraction of sp³-hybridized carbons (Fsp3) is 0.480. The first kappa shape index (κ1) is 22.2. The Bertz CT molecular complexity index is 768. The molecule has 0 spiro atoms. The van der Waals surface area contributed by atoms with Crippen LogP contribution < -0.4 is 14.8 Å². The van der Waals surface area contributed by atoms with Crippen LogP contribution >= 0.6 is 0 Å². The van der Waals surface area contributed by atoms with Crippen molar-refractivity contribution in [3.05, 3.63) is 59.7 Å². The third-order valence-electron chi connectivity index (χ3n) is 5.71. The van der Waals surface area contributed by atoms with Gasteiger partial charge in [0.15, 0.2) is 0 Å². The molecule has 1 amide bonds. The average molecular weight is 411 g/mol. The van der Waals surface area contributed by atoms with E-state index in [4.69, 9.17) is 9.47 Å². The van der Waals surface area contributed by atoms with Crippen LogP contribution in [0.5, 0.6) is 11.5 Å². The maximum absolute atomic E-state index is 12.6. The van der Waals surface area contributed by atoms with Crippen LogP contribution in [0, 0.1) is 0 Å². The lowest BCUT2D eigenvalue weighted by Gasteiger charge is -2.25. The van der Waals surface area contributed by atoms with Gasteiger partial charge in [-0.1, -0.05) is 24.3 Å². The number of carbonyl (C=O) groups is 1. The summed E-state index contributed by atoms with van der Waals surface area (Å²) in [6, 6.07) is 16.3. The van der Waals surface area contributed by atoms with Crippen LogP contribution in [-0.4, -0.2) is 50.7 Å². The molecule has 162 valence electrons. The topological polar surface area (TPSA) is 50.8 Å². The van der Waals surface area contributed by atoms with Gasteiger partial charge >= 0.3 is 0 Å². The molecule has 1 fully saturated rings. The number of ether oxygens (including phenoxy) is 2. The lowest BCUT2D eigenvalue weighted by atomic mass is 10.0. The normalized spacial score (nSPS) is 15.0. The number of nitrogens with one attached hydrogen (secondary N) is 1. The van der Waals surface area contributed by atoms with E-state index in [0.29, 0.717) is 6.42 Å². The molecule has 1 N–H and O–H groups in total. The number of carbonyl (C=O) groups excluding carboxylic acids is 1. The number of hydrogen-bond donors (Lipinski definition) is 1. The molecule has 5 nitrogen and oxygen atoms in total. The highest BCUT2D eigenvalue weighted by molar-refractivity contribution is 5.76. The molecule has 1 heterocycles. The maximum atomic E-state index is 12.6. The molecule has 3 rings (SSSR count). The standard InChI is InChI=1S/C25H34N2O3/c1-29-23-12-8-20(9-13-23)6-5-7-25(28)26-22(19-27-16-3-4-17-27)18-21-10-14-24(30-2)15-11-21/h8-15,22H,3-7,16-19H2,1-2H3,(H,26,28)/t22-/m0/s1. The summed E-state index contributed by atoms with van der Waals surface area (Å²) in [7, 11) is 3.35. The van der Waals surface area contributed by atoms with Gasteiger partial charge in [-0.15, -0.1) is 0 Å². The van der Waals surface area contributed by atoms with Crippen LogP contribution in [0.25, 0.3) is 0 Å². The molecule has 1 saturated heterocycles. The molecule has 1 aliphatic rings. The number of benzene rings is 2. The Morgan fingerprint density at radius 3 is 2.07 bits per heavy atom. The lowest BCUT2D eigenvalue weighted by molar-refractivity contribution is -0.122.